The average molecular weight is 401 g/mol. The van der Waals surface area contributed by atoms with Crippen molar-refractivity contribution in [1.82, 2.24) is 16.0 Å². The maximum Gasteiger partial charge on any atom is 0.326 e. The third kappa shape index (κ3) is 8.33. The Morgan fingerprint density at radius 3 is 1.89 bits per heavy atom. The van der Waals surface area contributed by atoms with Crippen LogP contribution in [-0.4, -0.2) is 59.4 Å². The number of rotatable bonds is 12. The molecule has 0 fully saturated rings. The van der Waals surface area contributed by atoms with Crippen LogP contribution in [0, 0.1) is 11.8 Å². The van der Waals surface area contributed by atoms with Crippen molar-refractivity contribution in [3.8, 4) is 0 Å². The van der Waals surface area contributed by atoms with E-state index in [2.05, 4.69) is 16.0 Å². The van der Waals surface area contributed by atoms with Crippen LogP contribution in [-0.2, 0) is 24.0 Å². The number of nitrogens with two attached hydrogens (primary N) is 2. The third-order valence-electron chi connectivity index (χ3n) is 4.27. The van der Waals surface area contributed by atoms with Gasteiger partial charge in [-0.05, 0) is 11.8 Å². The summed E-state index contributed by atoms with van der Waals surface area (Å²) in [5, 5.41) is 16.3. The summed E-state index contributed by atoms with van der Waals surface area (Å²) in [5.74, 6) is -4.93. The predicted molar refractivity (Wildman–Crippen MR) is 101 cm³/mol. The molecule has 4 amide bonds. The van der Waals surface area contributed by atoms with Gasteiger partial charge in [0.25, 0.3) is 0 Å². The Kier molecular flexibility index (Phi) is 10.8. The van der Waals surface area contributed by atoms with Gasteiger partial charge in [-0.1, -0.05) is 34.1 Å². The van der Waals surface area contributed by atoms with Gasteiger partial charge in [0.2, 0.25) is 23.6 Å². The molecule has 0 bridgehead atoms. The Morgan fingerprint density at radius 1 is 0.929 bits per heavy atom. The molecule has 160 valence electrons. The predicted octanol–water partition coefficient (Wildman–Crippen LogP) is -1.94. The molecule has 0 spiro atoms. The van der Waals surface area contributed by atoms with E-state index >= 15 is 0 Å². The molecule has 28 heavy (non-hydrogen) atoms. The Hall–Kier alpha value is -2.69. The summed E-state index contributed by atoms with van der Waals surface area (Å²) in [6.45, 7) is 6.42. The number of amides is 4. The van der Waals surface area contributed by atoms with Crippen molar-refractivity contribution in [2.75, 3.05) is 6.54 Å². The maximum absolute atomic E-state index is 12.6. The summed E-state index contributed by atoms with van der Waals surface area (Å²) in [7, 11) is 0. The summed E-state index contributed by atoms with van der Waals surface area (Å²) in [6.07, 6.45) is 0.0180. The van der Waals surface area contributed by atoms with Crippen LogP contribution in [0.15, 0.2) is 0 Å². The van der Waals surface area contributed by atoms with Crippen molar-refractivity contribution in [3.63, 3.8) is 0 Å². The molecule has 0 heterocycles. The standard InChI is InChI=1S/C17H31N5O6/c1-5-9(4)14(21-12(24)7-18)16(26)20-10(6-11(19)23)15(25)22-13(8(2)3)17(27)28/h8-10,13-14H,5-7,18H2,1-4H3,(H2,19,23)(H,20,26)(H,21,24)(H,22,25)(H,27,28). The molecule has 0 saturated heterocycles. The highest BCUT2D eigenvalue weighted by Gasteiger charge is 2.32. The van der Waals surface area contributed by atoms with Gasteiger partial charge < -0.3 is 32.5 Å². The Morgan fingerprint density at radius 2 is 1.50 bits per heavy atom. The largest absolute Gasteiger partial charge is 0.480 e. The highest BCUT2D eigenvalue weighted by atomic mass is 16.4. The first kappa shape index (κ1) is 25.3. The normalized spacial score (nSPS) is 15.1. The van der Waals surface area contributed by atoms with E-state index in [1.54, 1.807) is 20.8 Å². The van der Waals surface area contributed by atoms with Crippen LogP contribution < -0.4 is 27.4 Å². The fraction of sp³-hybridized carbons (Fsp3) is 0.706. The molecule has 0 aromatic carbocycles. The van der Waals surface area contributed by atoms with Crippen LogP contribution in [0.4, 0.5) is 0 Å². The summed E-state index contributed by atoms with van der Waals surface area (Å²) in [6, 6.07) is -3.57. The number of carbonyl (C=O) groups excluding carboxylic acids is 4. The second-order valence-corrected chi connectivity index (χ2v) is 6.93. The first-order valence-corrected chi connectivity index (χ1v) is 9.05. The maximum atomic E-state index is 12.6. The Labute approximate surface area is 164 Å². The number of primary amides is 1. The average Bonchev–Trinajstić information content (AvgIpc) is 2.61. The molecule has 11 heteroatoms. The molecule has 0 radical (unpaired) electrons. The minimum absolute atomic E-state index is 0.282. The second kappa shape index (κ2) is 11.9. The molecule has 0 aromatic heterocycles. The van der Waals surface area contributed by atoms with Gasteiger partial charge in [-0.3, -0.25) is 19.2 Å². The smallest absolute Gasteiger partial charge is 0.326 e. The molecule has 4 unspecified atom stereocenters. The lowest BCUT2D eigenvalue weighted by Crippen LogP contribution is -2.58. The van der Waals surface area contributed by atoms with Crippen LogP contribution in [0.25, 0.3) is 0 Å². The monoisotopic (exact) mass is 401 g/mol. The molecule has 8 N–H and O–H groups in total. The van der Waals surface area contributed by atoms with Crippen LogP contribution in [0.3, 0.4) is 0 Å². The van der Waals surface area contributed by atoms with Gasteiger partial charge >= 0.3 is 5.97 Å². The van der Waals surface area contributed by atoms with E-state index in [9.17, 15) is 29.1 Å². The summed E-state index contributed by atoms with van der Waals surface area (Å²) < 4.78 is 0. The fourth-order valence-corrected chi connectivity index (χ4v) is 2.37. The lowest BCUT2D eigenvalue weighted by Gasteiger charge is -2.27. The van der Waals surface area contributed by atoms with E-state index in [-0.39, 0.29) is 12.5 Å². The van der Waals surface area contributed by atoms with Crippen molar-refractivity contribution in [2.24, 2.45) is 23.3 Å². The van der Waals surface area contributed by atoms with Crippen molar-refractivity contribution >= 4 is 29.6 Å². The molecule has 0 rings (SSSR count). The number of carboxylic acids is 1. The SMILES string of the molecule is CCC(C)C(NC(=O)CN)C(=O)NC(CC(N)=O)C(=O)NC(C(=O)O)C(C)C. The van der Waals surface area contributed by atoms with Crippen LogP contribution in [0.2, 0.25) is 0 Å². The molecule has 4 atom stereocenters. The summed E-state index contributed by atoms with van der Waals surface area (Å²) in [4.78, 5) is 59.3. The summed E-state index contributed by atoms with van der Waals surface area (Å²) in [5.41, 5.74) is 10.4. The molecule has 11 nitrogen and oxygen atoms in total. The lowest BCUT2D eigenvalue weighted by atomic mass is 9.97. The molecule has 0 aliphatic rings. The molecule has 0 aliphatic carbocycles. The fourth-order valence-electron chi connectivity index (χ4n) is 2.37. The zero-order valence-corrected chi connectivity index (χ0v) is 16.7. The number of carboxylic acid groups (broad SMARTS) is 1. The van der Waals surface area contributed by atoms with Crippen molar-refractivity contribution < 1.29 is 29.1 Å². The van der Waals surface area contributed by atoms with Gasteiger partial charge in [0, 0.05) is 0 Å². The second-order valence-electron chi connectivity index (χ2n) is 6.93. The van der Waals surface area contributed by atoms with Gasteiger partial charge in [0.15, 0.2) is 0 Å². The van der Waals surface area contributed by atoms with Crippen LogP contribution in [0.1, 0.15) is 40.5 Å². The molecule has 0 aromatic rings. The molecule has 0 saturated carbocycles. The third-order valence-corrected chi connectivity index (χ3v) is 4.27. The van der Waals surface area contributed by atoms with E-state index in [0.717, 1.165) is 0 Å². The summed E-state index contributed by atoms with van der Waals surface area (Å²) >= 11 is 0. The van der Waals surface area contributed by atoms with Crippen molar-refractivity contribution in [3.05, 3.63) is 0 Å². The van der Waals surface area contributed by atoms with Gasteiger partial charge in [-0.25, -0.2) is 4.79 Å². The van der Waals surface area contributed by atoms with Crippen LogP contribution in [0.5, 0.6) is 0 Å². The van der Waals surface area contributed by atoms with E-state index in [1.165, 1.54) is 0 Å². The van der Waals surface area contributed by atoms with E-state index in [4.69, 9.17) is 11.5 Å². The highest BCUT2D eigenvalue weighted by Crippen LogP contribution is 2.09. The zero-order chi connectivity index (χ0) is 22.0. The number of hydrogen-bond donors (Lipinski definition) is 6. The first-order valence-electron chi connectivity index (χ1n) is 9.05. The van der Waals surface area contributed by atoms with E-state index in [0.29, 0.717) is 6.42 Å². The Balaban J connectivity index is 5.45. The zero-order valence-electron chi connectivity index (χ0n) is 16.7. The first-order chi connectivity index (χ1) is 12.9. The van der Waals surface area contributed by atoms with Crippen molar-refractivity contribution in [2.45, 2.75) is 58.7 Å². The van der Waals surface area contributed by atoms with Crippen LogP contribution >= 0.6 is 0 Å². The van der Waals surface area contributed by atoms with Gasteiger partial charge in [-0.2, -0.15) is 0 Å². The topological polar surface area (TPSA) is 194 Å². The number of hydrogen-bond acceptors (Lipinski definition) is 6. The minimum Gasteiger partial charge on any atom is -0.480 e. The van der Waals surface area contributed by atoms with Crippen molar-refractivity contribution in [1.29, 1.82) is 0 Å². The minimum atomic E-state index is -1.38. The quantitative estimate of drug-likeness (QED) is 0.219. The lowest BCUT2D eigenvalue weighted by molar-refractivity contribution is -0.143. The van der Waals surface area contributed by atoms with Gasteiger partial charge in [-0.15, -0.1) is 0 Å². The Bertz CT molecular complexity index is 595. The number of nitrogens with one attached hydrogen (secondary N) is 3. The number of aliphatic carboxylic acids is 1. The van der Waals surface area contributed by atoms with E-state index < -0.39 is 60.1 Å². The van der Waals surface area contributed by atoms with Gasteiger partial charge in [0.1, 0.15) is 18.1 Å². The molecular weight excluding hydrogens is 370 g/mol. The highest BCUT2D eigenvalue weighted by molar-refractivity contribution is 5.95. The number of carbonyl (C=O) groups is 5. The van der Waals surface area contributed by atoms with Gasteiger partial charge in [0.05, 0.1) is 13.0 Å². The molecule has 0 aliphatic heterocycles. The van der Waals surface area contributed by atoms with E-state index in [1.807, 2.05) is 6.92 Å². The molecular formula is C17H31N5O6.